The third kappa shape index (κ3) is 8.94. The third-order valence-corrected chi connectivity index (χ3v) is 8.92. The Bertz CT molecular complexity index is 626. The minimum atomic E-state index is -2.78. The van der Waals surface area contributed by atoms with E-state index in [1.165, 1.54) is 89.7 Å². The lowest BCUT2D eigenvalue weighted by Crippen LogP contribution is -2.61. The van der Waals surface area contributed by atoms with Crippen LogP contribution in [0.3, 0.4) is 0 Å². The summed E-state index contributed by atoms with van der Waals surface area (Å²) in [6.07, 6.45) is 22.1. The van der Waals surface area contributed by atoms with Crippen LogP contribution in [0.25, 0.3) is 0 Å². The monoisotopic (exact) mass is 454 g/mol. The molecule has 2 amide bonds. The van der Waals surface area contributed by atoms with Crippen LogP contribution in [0.4, 0.5) is 4.79 Å². The van der Waals surface area contributed by atoms with E-state index in [0.29, 0.717) is 5.75 Å². The molecule has 0 radical (unpaired) electrons. The van der Waals surface area contributed by atoms with E-state index in [9.17, 15) is 13.2 Å². The molecule has 31 heavy (non-hydrogen) atoms. The highest BCUT2D eigenvalue weighted by Gasteiger charge is 2.51. The fraction of sp³-hybridized carbons (Fsp3) is 0.960. The lowest BCUT2D eigenvalue weighted by Gasteiger charge is -2.56. The van der Waals surface area contributed by atoms with Crippen molar-refractivity contribution >= 4 is 15.9 Å². The Morgan fingerprint density at radius 2 is 1.16 bits per heavy atom. The first-order valence-corrected chi connectivity index (χ1v) is 15.1. The lowest BCUT2D eigenvalue weighted by molar-refractivity contribution is -0.0135. The number of urea groups is 1. The zero-order valence-corrected chi connectivity index (χ0v) is 20.6. The molecule has 4 bridgehead atoms. The molecule has 5 nitrogen and oxygen atoms in total. The zero-order valence-electron chi connectivity index (χ0n) is 19.8. The standard InChI is InChI=1S/C25H46N2O3S/c1-31(29,30)14-12-10-8-6-4-2-3-5-7-9-11-13-26-24(28)27-25-18-21-15-22(19-25)17-23(16-21)20-25/h21-23H,2-20H2,1H3,(H2,26,27,28). The van der Waals surface area contributed by atoms with Gasteiger partial charge in [-0.1, -0.05) is 57.8 Å². The van der Waals surface area contributed by atoms with Gasteiger partial charge >= 0.3 is 6.03 Å². The van der Waals surface area contributed by atoms with Gasteiger partial charge in [0.25, 0.3) is 0 Å². The largest absolute Gasteiger partial charge is 0.338 e. The van der Waals surface area contributed by atoms with Crippen LogP contribution >= 0.6 is 0 Å². The average molecular weight is 455 g/mol. The van der Waals surface area contributed by atoms with Crippen LogP contribution in [0.15, 0.2) is 0 Å². The van der Waals surface area contributed by atoms with Crippen molar-refractivity contribution in [2.75, 3.05) is 18.6 Å². The molecule has 0 aromatic heterocycles. The Balaban J connectivity index is 1.10. The van der Waals surface area contributed by atoms with Crippen molar-refractivity contribution in [1.82, 2.24) is 10.6 Å². The predicted octanol–water partition coefficient (Wildman–Crippen LogP) is 5.59. The van der Waals surface area contributed by atoms with Gasteiger partial charge in [0, 0.05) is 24.1 Å². The van der Waals surface area contributed by atoms with Crippen LogP contribution < -0.4 is 10.6 Å². The highest BCUT2D eigenvalue weighted by molar-refractivity contribution is 7.90. The molecule has 0 aromatic rings. The summed E-state index contributed by atoms with van der Waals surface area (Å²) in [5.41, 5.74) is 0.118. The van der Waals surface area contributed by atoms with Gasteiger partial charge in [-0.3, -0.25) is 0 Å². The van der Waals surface area contributed by atoms with Crippen molar-refractivity contribution in [2.24, 2.45) is 17.8 Å². The second-order valence-electron chi connectivity index (χ2n) is 11.1. The van der Waals surface area contributed by atoms with E-state index in [4.69, 9.17) is 0 Å². The van der Waals surface area contributed by atoms with Gasteiger partial charge in [0.05, 0.1) is 0 Å². The normalized spacial score (nSPS) is 29.3. The topological polar surface area (TPSA) is 75.3 Å². The molecule has 0 saturated heterocycles. The van der Waals surface area contributed by atoms with Gasteiger partial charge in [0.1, 0.15) is 9.84 Å². The van der Waals surface area contributed by atoms with Crippen LogP contribution in [0.5, 0.6) is 0 Å². The van der Waals surface area contributed by atoms with Gasteiger partial charge in [-0.2, -0.15) is 0 Å². The fourth-order valence-corrected chi connectivity index (χ4v) is 7.56. The average Bonchev–Trinajstić information content (AvgIpc) is 2.66. The van der Waals surface area contributed by atoms with E-state index >= 15 is 0 Å². The first-order valence-electron chi connectivity index (χ1n) is 13.1. The molecule has 6 heteroatoms. The van der Waals surface area contributed by atoms with Crippen molar-refractivity contribution < 1.29 is 13.2 Å². The summed E-state index contributed by atoms with van der Waals surface area (Å²) in [5.74, 6) is 2.94. The second kappa shape index (κ2) is 11.9. The van der Waals surface area contributed by atoms with Gasteiger partial charge in [0.15, 0.2) is 0 Å². The maximum absolute atomic E-state index is 12.4. The molecular formula is C25H46N2O3S. The van der Waals surface area contributed by atoms with E-state index in [2.05, 4.69) is 10.6 Å². The second-order valence-corrected chi connectivity index (χ2v) is 13.4. The molecule has 0 aliphatic heterocycles. The summed E-state index contributed by atoms with van der Waals surface area (Å²) in [4.78, 5) is 12.4. The molecule has 2 N–H and O–H groups in total. The van der Waals surface area contributed by atoms with E-state index in [0.717, 1.165) is 50.0 Å². The number of carbonyl (C=O) groups excluding carboxylic acids is 1. The smallest absolute Gasteiger partial charge is 0.315 e. The van der Waals surface area contributed by atoms with Crippen LogP contribution in [0.2, 0.25) is 0 Å². The first kappa shape index (κ1) is 24.9. The Hall–Kier alpha value is -0.780. The number of nitrogens with one attached hydrogen (secondary N) is 2. The minimum absolute atomic E-state index is 0.0680. The van der Waals surface area contributed by atoms with Crippen LogP contribution in [0.1, 0.15) is 109 Å². The number of rotatable bonds is 15. The molecule has 0 heterocycles. The third-order valence-electron chi connectivity index (χ3n) is 7.89. The Kier molecular flexibility index (Phi) is 9.54. The molecule has 0 atom stereocenters. The van der Waals surface area contributed by atoms with Crippen LogP contribution in [-0.2, 0) is 9.84 Å². The van der Waals surface area contributed by atoms with Gasteiger partial charge in [-0.05, 0) is 69.1 Å². The quantitative estimate of drug-likeness (QED) is 0.317. The SMILES string of the molecule is CS(=O)(=O)CCCCCCCCCCCCCNC(=O)NC12CC3CC(CC(C3)C1)C2. The predicted molar refractivity (Wildman–Crippen MR) is 128 cm³/mol. The van der Waals surface area contributed by atoms with Crippen molar-refractivity contribution in [1.29, 1.82) is 0 Å². The van der Waals surface area contributed by atoms with Crippen molar-refractivity contribution in [3.05, 3.63) is 0 Å². The molecule has 4 rings (SSSR count). The van der Waals surface area contributed by atoms with Crippen LogP contribution in [0, 0.1) is 17.8 Å². The summed E-state index contributed by atoms with van der Waals surface area (Å²) in [6, 6.07) is 0.0680. The van der Waals surface area contributed by atoms with Crippen molar-refractivity contribution in [3.63, 3.8) is 0 Å². The lowest BCUT2D eigenvalue weighted by atomic mass is 9.53. The van der Waals surface area contributed by atoms with E-state index in [-0.39, 0.29) is 11.6 Å². The Morgan fingerprint density at radius 1 is 0.742 bits per heavy atom. The number of hydrogen-bond acceptors (Lipinski definition) is 3. The molecule has 4 aliphatic carbocycles. The first-order chi connectivity index (χ1) is 14.8. The number of amides is 2. The zero-order chi connectivity index (χ0) is 22.2. The molecular weight excluding hydrogens is 408 g/mol. The summed E-state index contributed by atoms with van der Waals surface area (Å²) in [5, 5.41) is 6.51. The number of unbranched alkanes of at least 4 members (excludes halogenated alkanes) is 10. The maximum Gasteiger partial charge on any atom is 0.315 e. The Morgan fingerprint density at radius 3 is 1.61 bits per heavy atom. The summed E-state index contributed by atoms with van der Waals surface area (Å²) < 4.78 is 22.1. The molecule has 4 saturated carbocycles. The summed E-state index contributed by atoms with van der Waals surface area (Å²) in [7, 11) is -2.78. The van der Waals surface area contributed by atoms with E-state index in [1.807, 2.05) is 0 Å². The molecule has 0 spiro atoms. The van der Waals surface area contributed by atoms with Crippen LogP contribution in [-0.4, -0.2) is 38.5 Å². The molecule has 4 fully saturated rings. The van der Waals surface area contributed by atoms with Crippen molar-refractivity contribution in [2.45, 2.75) is 115 Å². The van der Waals surface area contributed by atoms with Gasteiger partial charge < -0.3 is 10.6 Å². The summed E-state index contributed by atoms with van der Waals surface area (Å²) in [6.45, 7) is 0.797. The number of carbonyl (C=O) groups is 1. The molecule has 0 aromatic carbocycles. The Labute approximate surface area is 190 Å². The van der Waals surface area contributed by atoms with Gasteiger partial charge in [0.2, 0.25) is 0 Å². The highest BCUT2D eigenvalue weighted by Crippen LogP contribution is 2.55. The highest BCUT2D eigenvalue weighted by atomic mass is 32.2. The minimum Gasteiger partial charge on any atom is -0.338 e. The number of hydrogen-bond donors (Lipinski definition) is 2. The van der Waals surface area contributed by atoms with Gasteiger partial charge in [-0.15, -0.1) is 0 Å². The van der Waals surface area contributed by atoms with E-state index in [1.54, 1.807) is 0 Å². The molecule has 0 unspecified atom stereocenters. The summed E-state index contributed by atoms with van der Waals surface area (Å²) >= 11 is 0. The maximum atomic E-state index is 12.4. The fourth-order valence-electron chi connectivity index (χ4n) is 6.83. The number of sulfone groups is 1. The van der Waals surface area contributed by atoms with Crippen molar-refractivity contribution in [3.8, 4) is 0 Å². The molecule has 4 aliphatic rings. The van der Waals surface area contributed by atoms with Gasteiger partial charge in [-0.25, -0.2) is 13.2 Å². The van der Waals surface area contributed by atoms with E-state index < -0.39 is 9.84 Å². The molecule has 180 valence electrons.